The minimum atomic E-state index is -0.148. The van der Waals surface area contributed by atoms with Crippen LogP contribution in [0.5, 0.6) is 0 Å². The molecule has 0 saturated heterocycles. The molecule has 2 aromatic rings. The van der Waals surface area contributed by atoms with Crippen LogP contribution in [0.4, 0.5) is 5.69 Å². The van der Waals surface area contributed by atoms with E-state index in [2.05, 4.69) is 46.2 Å². The third-order valence-electron chi connectivity index (χ3n) is 4.45. The van der Waals surface area contributed by atoms with Gasteiger partial charge in [0.1, 0.15) is 0 Å². The molecule has 2 N–H and O–H groups in total. The predicted molar refractivity (Wildman–Crippen MR) is 108 cm³/mol. The van der Waals surface area contributed by atoms with Crippen molar-refractivity contribution < 1.29 is 9.59 Å². The lowest BCUT2D eigenvalue weighted by Gasteiger charge is -2.29. The molecule has 0 saturated carbocycles. The van der Waals surface area contributed by atoms with Crippen LogP contribution in [0.25, 0.3) is 0 Å². The fourth-order valence-electron chi connectivity index (χ4n) is 2.97. The molecular formula is C20H27N3O2S. The van der Waals surface area contributed by atoms with Crippen LogP contribution in [0.3, 0.4) is 0 Å². The molecule has 1 aromatic heterocycles. The number of carbonyl (C=O) groups is 2. The van der Waals surface area contributed by atoms with Crippen molar-refractivity contribution in [2.24, 2.45) is 0 Å². The Morgan fingerprint density at radius 3 is 2.50 bits per heavy atom. The molecule has 2 amide bonds. The molecule has 1 heterocycles. The van der Waals surface area contributed by atoms with E-state index in [4.69, 9.17) is 0 Å². The number of hydrogen-bond acceptors (Lipinski definition) is 4. The van der Waals surface area contributed by atoms with E-state index in [1.54, 1.807) is 23.5 Å². The lowest BCUT2D eigenvalue weighted by atomic mass is 10.1. The second kappa shape index (κ2) is 9.50. The molecule has 26 heavy (non-hydrogen) atoms. The predicted octanol–water partition coefficient (Wildman–Crippen LogP) is 3.83. The van der Waals surface area contributed by atoms with Crippen molar-refractivity contribution in [3.8, 4) is 0 Å². The van der Waals surface area contributed by atoms with Crippen LogP contribution in [0, 0.1) is 6.92 Å². The molecular weight excluding hydrogens is 346 g/mol. The fourth-order valence-corrected chi connectivity index (χ4v) is 3.67. The summed E-state index contributed by atoms with van der Waals surface area (Å²) in [6, 6.07) is 7.62. The van der Waals surface area contributed by atoms with E-state index in [9.17, 15) is 9.59 Å². The first-order chi connectivity index (χ1) is 12.5. The molecule has 0 spiro atoms. The van der Waals surface area contributed by atoms with Gasteiger partial charge in [-0.25, -0.2) is 0 Å². The summed E-state index contributed by atoms with van der Waals surface area (Å²) in [6.07, 6.45) is 0. The number of nitrogens with zero attached hydrogens (tertiary/aromatic N) is 1. The molecule has 0 bridgehead atoms. The topological polar surface area (TPSA) is 61.4 Å². The van der Waals surface area contributed by atoms with Crippen LogP contribution in [-0.2, 0) is 4.79 Å². The van der Waals surface area contributed by atoms with Crippen LogP contribution >= 0.6 is 11.3 Å². The van der Waals surface area contributed by atoms with E-state index in [0.717, 1.165) is 18.7 Å². The van der Waals surface area contributed by atoms with Gasteiger partial charge < -0.3 is 10.6 Å². The lowest BCUT2D eigenvalue weighted by Crippen LogP contribution is -2.37. The molecule has 1 atom stereocenters. The first-order valence-electron chi connectivity index (χ1n) is 8.88. The maximum Gasteiger partial charge on any atom is 0.251 e. The summed E-state index contributed by atoms with van der Waals surface area (Å²) in [7, 11) is 0. The Kier molecular flexibility index (Phi) is 7.36. The van der Waals surface area contributed by atoms with Gasteiger partial charge in [0.05, 0.1) is 6.04 Å². The van der Waals surface area contributed by atoms with Crippen LogP contribution in [0.15, 0.2) is 35.0 Å². The first-order valence-corrected chi connectivity index (χ1v) is 9.83. The summed E-state index contributed by atoms with van der Waals surface area (Å²) in [5.74, 6) is -0.284. The Morgan fingerprint density at radius 1 is 1.19 bits per heavy atom. The molecule has 5 nitrogen and oxygen atoms in total. The van der Waals surface area contributed by atoms with Crippen molar-refractivity contribution in [3.05, 3.63) is 51.7 Å². The number of aryl methyl sites for hydroxylation is 1. The minimum absolute atomic E-state index is 0.135. The summed E-state index contributed by atoms with van der Waals surface area (Å²) in [5, 5.41) is 10.0. The molecule has 2 rings (SSSR count). The van der Waals surface area contributed by atoms with E-state index < -0.39 is 0 Å². The molecule has 0 fully saturated rings. The van der Waals surface area contributed by atoms with Gasteiger partial charge in [-0.3, -0.25) is 14.5 Å². The number of carbonyl (C=O) groups excluding carboxylic acids is 2. The van der Waals surface area contributed by atoms with E-state index in [-0.39, 0.29) is 17.9 Å². The number of rotatable bonds is 8. The third-order valence-corrected chi connectivity index (χ3v) is 5.15. The molecule has 0 aliphatic rings. The SMILES string of the molecule is CCN(CC)[C@H](CNC(=O)c1ccc(C)c(NC(C)=O)c1)c1ccsc1. The highest BCUT2D eigenvalue weighted by atomic mass is 32.1. The average Bonchev–Trinajstić information content (AvgIpc) is 3.14. The minimum Gasteiger partial charge on any atom is -0.350 e. The van der Waals surface area contributed by atoms with Gasteiger partial charge in [-0.1, -0.05) is 19.9 Å². The molecule has 6 heteroatoms. The molecule has 0 aliphatic heterocycles. The fraction of sp³-hybridized carbons (Fsp3) is 0.400. The quantitative estimate of drug-likeness (QED) is 0.739. The van der Waals surface area contributed by atoms with Gasteiger partial charge >= 0.3 is 0 Å². The molecule has 1 aromatic carbocycles. The van der Waals surface area contributed by atoms with Crippen molar-refractivity contribution in [2.45, 2.75) is 33.7 Å². The highest BCUT2D eigenvalue weighted by Gasteiger charge is 2.19. The number of amides is 2. The maximum atomic E-state index is 12.6. The van der Waals surface area contributed by atoms with Gasteiger partial charge in [0.25, 0.3) is 5.91 Å². The zero-order valence-corrected chi connectivity index (χ0v) is 16.7. The number of hydrogen-bond donors (Lipinski definition) is 2. The largest absolute Gasteiger partial charge is 0.350 e. The Morgan fingerprint density at radius 2 is 1.92 bits per heavy atom. The summed E-state index contributed by atoms with van der Waals surface area (Å²) in [4.78, 5) is 26.3. The Balaban J connectivity index is 2.11. The van der Waals surface area contributed by atoms with Crippen molar-refractivity contribution in [1.29, 1.82) is 0 Å². The monoisotopic (exact) mass is 373 g/mol. The smallest absolute Gasteiger partial charge is 0.251 e. The maximum absolute atomic E-state index is 12.6. The summed E-state index contributed by atoms with van der Waals surface area (Å²) in [5.41, 5.74) is 3.36. The van der Waals surface area contributed by atoms with Crippen LogP contribution < -0.4 is 10.6 Å². The highest BCUT2D eigenvalue weighted by molar-refractivity contribution is 7.07. The van der Waals surface area contributed by atoms with Gasteiger partial charge in [-0.2, -0.15) is 11.3 Å². The van der Waals surface area contributed by atoms with Crippen molar-refractivity contribution in [2.75, 3.05) is 25.0 Å². The van der Waals surface area contributed by atoms with Gasteiger partial charge in [-0.05, 0) is 60.1 Å². The standard InChI is InChI=1S/C20H27N3O2S/c1-5-23(6-2)19(17-9-10-26-13-17)12-21-20(25)16-8-7-14(3)18(11-16)22-15(4)24/h7-11,13,19H,5-6,12H2,1-4H3,(H,21,25)(H,22,24)/t19-/m1/s1. The second-order valence-electron chi connectivity index (χ2n) is 6.21. The Hall–Kier alpha value is -2.18. The summed E-state index contributed by atoms with van der Waals surface area (Å²) < 4.78 is 0. The van der Waals surface area contributed by atoms with Crippen molar-refractivity contribution in [3.63, 3.8) is 0 Å². The van der Waals surface area contributed by atoms with Crippen LogP contribution in [0.2, 0.25) is 0 Å². The summed E-state index contributed by atoms with van der Waals surface area (Å²) in [6.45, 7) is 10.0. The van der Waals surface area contributed by atoms with E-state index in [1.165, 1.54) is 12.5 Å². The van der Waals surface area contributed by atoms with Gasteiger partial charge in [-0.15, -0.1) is 0 Å². The summed E-state index contributed by atoms with van der Waals surface area (Å²) >= 11 is 1.67. The number of likely N-dealkylation sites (N-methyl/N-ethyl adjacent to an activating group) is 1. The molecule has 140 valence electrons. The molecule has 0 aliphatic carbocycles. The third kappa shape index (κ3) is 5.16. The number of thiophene rings is 1. The van der Waals surface area contributed by atoms with Gasteiger partial charge in [0, 0.05) is 24.7 Å². The lowest BCUT2D eigenvalue weighted by molar-refractivity contribution is -0.114. The van der Waals surface area contributed by atoms with Gasteiger partial charge in [0.2, 0.25) is 5.91 Å². The number of benzene rings is 1. The number of anilines is 1. The van der Waals surface area contributed by atoms with Crippen LogP contribution in [0.1, 0.15) is 48.3 Å². The molecule has 0 radical (unpaired) electrons. The Bertz CT molecular complexity index is 740. The zero-order chi connectivity index (χ0) is 19.1. The van der Waals surface area contributed by atoms with E-state index in [1.807, 2.05) is 13.0 Å². The van der Waals surface area contributed by atoms with Crippen molar-refractivity contribution >= 4 is 28.8 Å². The average molecular weight is 374 g/mol. The van der Waals surface area contributed by atoms with Crippen LogP contribution in [-0.4, -0.2) is 36.3 Å². The highest BCUT2D eigenvalue weighted by Crippen LogP contribution is 2.23. The van der Waals surface area contributed by atoms with Gasteiger partial charge in [0.15, 0.2) is 0 Å². The van der Waals surface area contributed by atoms with E-state index in [0.29, 0.717) is 17.8 Å². The Labute approximate surface area is 159 Å². The van der Waals surface area contributed by atoms with Crippen molar-refractivity contribution in [1.82, 2.24) is 10.2 Å². The van der Waals surface area contributed by atoms with E-state index >= 15 is 0 Å². The molecule has 0 unspecified atom stereocenters. The normalized spacial score (nSPS) is 12.0. The first kappa shape index (κ1) is 20.1. The number of nitrogens with one attached hydrogen (secondary N) is 2. The zero-order valence-electron chi connectivity index (χ0n) is 15.8. The second-order valence-corrected chi connectivity index (χ2v) is 6.99.